The number of aliphatic imine (C=N–C) groups is 1. The molecule has 1 unspecified atom stereocenters. The molecule has 1 atom stereocenters. The fourth-order valence-corrected chi connectivity index (χ4v) is 3.51. The zero-order valence-corrected chi connectivity index (χ0v) is 18.7. The van der Waals surface area contributed by atoms with Gasteiger partial charge in [0.25, 0.3) is 0 Å². The van der Waals surface area contributed by atoms with Crippen molar-refractivity contribution in [3.8, 4) is 0 Å². The summed E-state index contributed by atoms with van der Waals surface area (Å²) in [5.41, 5.74) is 1.01. The Labute approximate surface area is 179 Å². The van der Waals surface area contributed by atoms with Crippen molar-refractivity contribution in [2.24, 2.45) is 4.99 Å². The Hall–Kier alpha value is -1.83. The van der Waals surface area contributed by atoms with E-state index in [0.717, 1.165) is 44.2 Å². The van der Waals surface area contributed by atoms with Gasteiger partial charge in [-0.1, -0.05) is 23.7 Å². The van der Waals surface area contributed by atoms with Gasteiger partial charge in [-0.05, 0) is 38.5 Å². The Morgan fingerprint density at radius 2 is 2.00 bits per heavy atom. The van der Waals surface area contributed by atoms with Crippen LogP contribution in [-0.4, -0.2) is 80.6 Å². The van der Waals surface area contributed by atoms with Crippen LogP contribution in [0.25, 0.3) is 0 Å². The van der Waals surface area contributed by atoms with Crippen LogP contribution in [0.15, 0.2) is 29.3 Å². The van der Waals surface area contributed by atoms with Crippen molar-refractivity contribution in [3.05, 3.63) is 34.9 Å². The second-order valence-electron chi connectivity index (χ2n) is 7.46. The van der Waals surface area contributed by atoms with Gasteiger partial charge in [-0.3, -0.25) is 14.7 Å². The number of nitrogens with zero attached hydrogens (tertiary/aromatic N) is 3. The molecule has 1 aliphatic rings. The number of hydrogen-bond donors (Lipinski definition) is 2. The number of amides is 1. The Bertz CT molecular complexity index is 675. The van der Waals surface area contributed by atoms with E-state index in [9.17, 15) is 4.79 Å². The Morgan fingerprint density at radius 1 is 1.28 bits per heavy atom. The second kappa shape index (κ2) is 12.0. The van der Waals surface area contributed by atoms with E-state index in [2.05, 4.69) is 27.4 Å². The normalized spacial score (nSPS) is 16.8. The molecule has 0 spiro atoms. The van der Waals surface area contributed by atoms with E-state index in [4.69, 9.17) is 21.3 Å². The topological polar surface area (TPSA) is 69.2 Å². The Balaban J connectivity index is 1.94. The first-order chi connectivity index (χ1) is 13.9. The number of piperazine rings is 1. The van der Waals surface area contributed by atoms with Gasteiger partial charge in [0.15, 0.2) is 5.96 Å². The minimum atomic E-state index is -0.150. The molecule has 7 nitrogen and oxygen atoms in total. The predicted molar refractivity (Wildman–Crippen MR) is 118 cm³/mol. The third kappa shape index (κ3) is 7.84. The molecule has 1 fully saturated rings. The van der Waals surface area contributed by atoms with E-state index >= 15 is 0 Å². The van der Waals surface area contributed by atoms with Crippen LogP contribution in [0, 0.1) is 0 Å². The molecular weight excluding hydrogens is 390 g/mol. The molecule has 2 rings (SSSR count). The van der Waals surface area contributed by atoms with Crippen LogP contribution >= 0.6 is 11.6 Å². The van der Waals surface area contributed by atoms with Crippen LogP contribution in [0.4, 0.5) is 0 Å². The summed E-state index contributed by atoms with van der Waals surface area (Å²) in [4.78, 5) is 21.2. The Morgan fingerprint density at radius 3 is 2.59 bits per heavy atom. The lowest BCUT2D eigenvalue weighted by molar-refractivity contribution is -0.123. The summed E-state index contributed by atoms with van der Waals surface area (Å²) < 4.78 is 5.63. The molecule has 1 aromatic rings. The molecule has 0 radical (unpaired) electrons. The van der Waals surface area contributed by atoms with E-state index in [1.807, 2.05) is 38.1 Å². The number of guanidine groups is 1. The van der Waals surface area contributed by atoms with Crippen LogP contribution in [0.1, 0.15) is 32.4 Å². The number of carbonyl (C=O) groups excluding carboxylic acids is 1. The molecule has 162 valence electrons. The molecule has 0 saturated carbocycles. The van der Waals surface area contributed by atoms with E-state index in [1.165, 1.54) is 0 Å². The lowest BCUT2D eigenvalue weighted by Crippen LogP contribution is -2.54. The molecule has 1 amide bonds. The molecule has 2 N–H and O–H groups in total. The maximum Gasteiger partial charge on any atom is 0.234 e. The maximum absolute atomic E-state index is 12.0. The number of carbonyl (C=O) groups is 1. The average molecular weight is 424 g/mol. The lowest BCUT2D eigenvalue weighted by Gasteiger charge is -2.36. The number of methoxy groups -OCH3 is 1. The molecular formula is C21H34ClN5O2. The maximum atomic E-state index is 12.0. The smallest absolute Gasteiger partial charge is 0.234 e. The molecule has 1 aliphatic heterocycles. The lowest BCUT2D eigenvalue weighted by atomic mass is 10.1. The molecule has 29 heavy (non-hydrogen) atoms. The first-order valence-electron chi connectivity index (χ1n) is 10.3. The fraction of sp³-hybridized carbons (Fsp3) is 0.619. The molecule has 0 aromatic heterocycles. The van der Waals surface area contributed by atoms with Gasteiger partial charge in [-0.25, -0.2) is 0 Å². The summed E-state index contributed by atoms with van der Waals surface area (Å²) in [5, 5.41) is 7.01. The zero-order chi connectivity index (χ0) is 21.2. The number of halogens is 1. The van der Waals surface area contributed by atoms with Gasteiger partial charge >= 0.3 is 0 Å². The van der Waals surface area contributed by atoms with E-state index in [-0.39, 0.29) is 18.1 Å². The third-order valence-electron chi connectivity index (χ3n) is 4.74. The summed E-state index contributed by atoms with van der Waals surface area (Å²) in [6.07, 6.45) is -0.150. The summed E-state index contributed by atoms with van der Waals surface area (Å²) in [6.45, 7) is 11.1. The van der Waals surface area contributed by atoms with Gasteiger partial charge in [-0.2, -0.15) is 0 Å². The number of hydrogen-bond acceptors (Lipinski definition) is 4. The number of nitrogens with one attached hydrogen (secondary N) is 2. The molecule has 0 bridgehead atoms. The van der Waals surface area contributed by atoms with Crippen LogP contribution in [0.2, 0.25) is 5.02 Å². The summed E-state index contributed by atoms with van der Waals surface area (Å²) in [6, 6.07) is 7.87. The number of rotatable bonds is 8. The zero-order valence-electron chi connectivity index (χ0n) is 17.9. The SMILES string of the molecule is CCNC(=NCC(OC)c1cccc(Cl)c1)N1CCN(CC(=O)NC(C)C)CC1. The third-order valence-corrected chi connectivity index (χ3v) is 4.97. The van der Waals surface area contributed by atoms with Crippen molar-refractivity contribution in [1.29, 1.82) is 0 Å². The van der Waals surface area contributed by atoms with Crippen molar-refractivity contribution in [3.63, 3.8) is 0 Å². The monoisotopic (exact) mass is 423 g/mol. The van der Waals surface area contributed by atoms with Crippen molar-refractivity contribution in [1.82, 2.24) is 20.4 Å². The van der Waals surface area contributed by atoms with Crippen LogP contribution < -0.4 is 10.6 Å². The highest BCUT2D eigenvalue weighted by Gasteiger charge is 2.22. The molecule has 1 saturated heterocycles. The van der Waals surface area contributed by atoms with Gasteiger partial charge in [0.1, 0.15) is 6.10 Å². The minimum Gasteiger partial charge on any atom is -0.375 e. The van der Waals surface area contributed by atoms with Crippen LogP contribution in [0.5, 0.6) is 0 Å². The summed E-state index contributed by atoms with van der Waals surface area (Å²) >= 11 is 6.11. The van der Waals surface area contributed by atoms with Gasteiger partial charge in [0.05, 0.1) is 13.1 Å². The van der Waals surface area contributed by atoms with E-state index < -0.39 is 0 Å². The van der Waals surface area contributed by atoms with E-state index in [1.54, 1.807) is 7.11 Å². The number of benzene rings is 1. The Kier molecular flexibility index (Phi) is 9.70. The van der Waals surface area contributed by atoms with Crippen LogP contribution in [-0.2, 0) is 9.53 Å². The first-order valence-corrected chi connectivity index (χ1v) is 10.6. The molecule has 1 aromatic carbocycles. The second-order valence-corrected chi connectivity index (χ2v) is 7.90. The standard InChI is InChI=1S/C21H34ClN5O2/c1-5-23-21(24-14-19(29-4)17-7-6-8-18(22)13-17)27-11-9-26(10-12-27)15-20(28)25-16(2)3/h6-8,13,16,19H,5,9-12,14-15H2,1-4H3,(H,23,24)(H,25,28). The highest BCUT2D eigenvalue weighted by Crippen LogP contribution is 2.20. The van der Waals surface area contributed by atoms with Crippen LogP contribution in [0.3, 0.4) is 0 Å². The first kappa shape index (κ1) is 23.4. The van der Waals surface area contributed by atoms with Crippen molar-refractivity contribution >= 4 is 23.5 Å². The van der Waals surface area contributed by atoms with E-state index in [0.29, 0.717) is 18.1 Å². The number of ether oxygens (including phenoxy) is 1. The van der Waals surface area contributed by atoms with Gasteiger partial charge in [0.2, 0.25) is 5.91 Å². The van der Waals surface area contributed by atoms with Gasteiger partial charge < -0.3 is 20.3 Å². The average Bonchev–Trinajstić information content (AvgIpc) is 2.67. The van der Waals surface area contributed by atoms with Crippen molar-refractivity contribution in [2.45, 2.75) is 32.9 Å². The molecule has 0 aliphatic carbocycles. The van der Waals surface area contributed by atoms with Gasteiger partial charge in [-0.15, -0.1) is 0 Å². The van der Waals surface area contributed by atoms with Crippen molar-refractivity contribution < 1.29 is 9.53 Å². The van der Waals surface area contributed by atoms with Gasteiger partial charge in [0, 0.05) is 50.9 Å². The summed E-state index contributed by atoms with van der Waals surface area (Å²) in [5.74, 6) is 0.960. The largest absolute Gasteiger partial charge is 0.375 e. The minimum absolute atomic E-state index is 0.0819. The fourth-order valence-electron chi connectivity index (χ4n) is 3.31. The van der Waals surface area contributed by atoms with Crippen molar-refractivity contribution in [2.75, 3.05) is 52.9 Å². The predicted octanol–water partition coefficient (Wildman–Crippen LogP) is 2.14. The summed E-state index contributed by atoms with van der Waals surface area (Å²) in [7, 11) is 1.69. The molecule has 8 heteroatoms. The quantitative estimate of drug-likeness (QED) is 0.495. The highest BCUT2D eigenvalue weighted by molar-refractivity contribution is 6.30. The molecule has 1 heterocycles. The highest BCUT2D eigenvalue weighted by atomic mass is 35.5.